The number of benzene rings is 1. The first kappa shape index (κ1) is 13.2. The van der Waals surface area contributed by atoms with Crippen molar-refractivity contribution in [2.45, 2.75) is 12.8 Å². The van der Waals surface area contributed by atoms with E-state index in [0.717, 1.165) is 6.42 Å². The van der Waals surface area contributed by atoms with Crippen LogP contribution in [0, 0.1) is 5.92 Å². The Labute approximate surface area is 111 Å². The van der Waals surface area contributed by atoms with Crippen LogP contribution in [-0.4, -0.2) is 35.1 Å². The molecule has 0 saturated carbocycles. The molecule has 0 spiro atoms. The van der Waals surface area contributed by atoms with Crippen molar-refractivity contribution in [3.8, 4) is 0 Å². The smallest absolute Gasteiger partial charge is 0.321 e. The third-order valence-electron chi connectivity index (χ3n) is 3.24. The van der Waals surface area contributed by atoms with E-state index >= 15 is 0 Å². The molecule has 0 bridgehead atoms. The Kier molecular flexibility index (Phi) is 3.89. The maximum absolute atomic E-state index is 12.0. The van der Waals surface area contributed by atoms with E-state index in [9.17, 15) is 9.59 Å². The van der Waals surface area contributed by atoms with Crippen LogP contribution in [0.1, 0.15) is 12.8 Å². The fourth-order valence-corrected chi connectivity index (χ4v) is 2.24. The molecule has 6 heteroatoms. The molecule has 1 fully saturated rings. The number of nitrogen functional groups attached to an aromatic ring is 1. The molecule has 1 unspecified atom stereocenters. The maximum atomic E-state index is 12.0. The SMILES string of the molecule is Nc1ccccc1NC(=O)N1CCC(CC(=O)O)C1. The van der Waals surface area contributed by atoms with Gasteiger partial charge in [0, 0.05) is 19.5 Å². The predicted octanol–water partition coefficient (Wildman–Crippen LogP) is 1.60. The van der Waals surface area contributed by atoms with Gasteiger partial charge >= 0.3 is 12.0 Å². The topological polar surface area (TPSA) is 95.7 Å². The molecule has 0 radical (unpaired) electrons. The molecule has 1 aromatic rings. The quantitative estimate of drug-likeness (QED) is 0.722. The molecule has 1 aromatic carbocycles. The van der Waals surface area contributed by atoms with Crippen LogP contribution in [0.5, 0.6) is 0 Å². The minimum atomic E-state index is -0.820. The molecule has 4 N–H and O–H groups in total. The lowest BCUT2D eigenvalue weighted by Gasteiger charge is -2.17. The molecule has 102 valence electrons. The molecular weight excluding hydrogens is 246 g/mol. The lowest BCUT2D eigenvalue weighted by Crippen LogP contribution is -2.33. The van der Waals surface area contributed by atoms with Gasteiger partial charge in [-0.2, -0.15) is 0 Å². The predicted molar refractivity (Wildman–Crippen MR) is 71.8 cm³/mol. The minimum Gasteiger partial charge on any atom is -0.481 e. The summed E-state index contributed by atoms with van der Waals surface area (Å²) < 4.78 is 0. The number of hydrogen-bond acceptors (Lipinski definition) is 3. The molecule has 0 aliphatic carbocycles. The van der Waals surface area contributed by atoms with E-state index in [4.69, 9.17) is 10.8 Å². The third kappa shape index (κ3) is 3.37. The average molecular weight is 263 g/mol. The number of hydrogen-bond donors (Lipinski definition) is 3. The Morgan fingerprint density at radius 1 is 1.42 bits per heavy atom. The summed E-state index contributed by atoms with van der Waals surface area (Å²) in [7, 11) is 0. The van der Waals surface area contributed by atoms with Crippen molar-refractivity contribution in [3.63, 3.8) is 0 Å². The Hall–Kier alpha value is -2.24. The van der Waals surface area contributed by atoms with Gasteiger partial charge in [-0.05, 0) is 24.5 Å². The van der Waals surface area contributed by atoms with Crippen LogP contribution < -0.4 is 11.1 Å². The summed E-state index contributed by atoms with van der Waals surface area (Å²) in [5.41, 5.74) is 6.84. The number of nitrogens with zero attached hydrogens (tertiary/aromatic N) is 1. The molecule has 6 nitrogen and oxygen atoms in total. The number of carbonyl (C=O) groups is 2. The monoisotopic (exact) mass is 263 g/mol. The van der Waals surface area contributed by atoms with E-state index in [1.807, 2.05) is 0 Å². The average Bonchev–Trinajstić information content (AvgIpc) is 2.79. The van der Waals surface area contributed by atoms with Gasteiger partial charge < -0.3 is 21.1 Å². The second-order valence-corrected chi connectivity index (χ2v) is 4.72. The lowest BCUT2D eigenvalue weighted by atomic mass is 10.1. The van der Waals surface area contributed by atoms with E-state index in [0.29, 0.717) is 24.5 Å². The number of anilines is 2. The Bertz CT molecular complexity index is 490. The van der Waals surface area contributed by atoms with Gasteiger partial charge in [-0.25, -0.2) is 4.79 Å². The van der Waals surface area contributed by atoms with Crippen LogP contribution in [0.2, 0.25) is 0 Å². The van der Waals surface area contributed by atoms with Gasteiger partial charge in [0.05, 0.1) is 11.4 Å². The number of amides is 2. The molecule has 2 rings (SSSR count). The Morgan fingerprint density at radius 2 is 2.16 bits per heavy atom. The molecule has 2 amide bonds. The fourth-order valence-electron chi connectivity index (χ4n) is 2.24. The zero-order valence-electron chi connectivity index (χ0n) is 10.5. The highest BCUT2D eigenvalue weighted by Crippen LogP contribution is 2.22. The van der Waals surface area contributed by atoms with Crippen molar-refractivity contribution in [2.75, 3.05) is 24.1 Å². The van der Waals surface area contributed by atoms with Crippen molar-refractivity contribution in [1.29, 1.82) is 0 Å². The standard InChI is InChI=1S/C13H17N3O3/c14-10-3-1-2-4-11(10)15-13(19)16-6-5-9(8-16)7-12(17)18/h1-4,9H,5-8,14H2,(H,15,19)(H,17,18). The number of rotatable bonds is 3. The zero-order chi connectivity index (χ0) is 13.8. The number of para-hydroxylation sites is 2. The number of aliphatic carboxylic acids is 1. The van der Waals surface area contributed by atoms with Gasteiger partial charge in [-0.1, -0.05) is 12.1 Å². The summed E-state index contributed by atoms with van der Waals surface area (Å²) in [6.45, 7) is 1.06. The summed E-state index contributed by atoms with van der Waals surface area (Å²) in [4.78, 5) is 24.3. The minimum absolute atomic E-state index is 0.0383. The van der Waals surface area contributed by atoms with Gasteiger partial charge in [0.15, 0.2) is 0 Å². The number of nitrogens with two attached hydrogens (primary N) is 1. The summed E-state index contributed by atoms with van der Waals surface area (Å²) >= 11 is 0. The highest BCUT2D eigenvalue weighted by Gasteiger charge is 2.27. The van der Waals surface area contributed by atoms with Crippen LogP contribution in [0.15, 0.2) is 24.3 Å². The molecule has 1 aliphatic rings. The molecule has 0 aromatic heterocycles. The summed E-state index contributed by atoms with van der Waals surface area (Å²) in [6, 6.07) is 6.81. The van der Waals surface area contributed by atoms with E-state index in [-0.39, 0.29) is 18.4 Å². The maximum Gasteiger partial charge on any atom is 0.321 e. The van der Waals surface area contributed by atoms with Crippen LogP contribution in [0.4, 0.5) is 16.2 Å². The van der Waals surface area contributed by atoms with Crippen molar-refractivity contribution < 1.29 is 14.7 Å². The Balaban J connectivity index is 1.91. The molecule has 1 heterocycles. The van der Waals surface area contributed by atoms with Crippen molar-refractivity contribution >= 4 is 23.4 Å². The van der Waals surface area contributed by atoms with Crippen LogP contribution in [0.3, 0.4) is 0 Å². The van der Waals surface area contributed by atoms with Crippen LogP contribution in [0.25, 0.3) is 0 Å². The molecule has 1 saturated heterocycles. The van der Waals surface area contributed by atoms with Crippen LogP contribution in [-0.2, 0) is 4.79 Å². The Morgan fingerprint density at radius 3 is 2.84 bits per heavy atom. The molecule has 1 aliphatic heterocycles. The second-order valence-electron chi connectivity index (χ2n) is 4.72. The normalized spacial score (nSPS) is 18.3. The molecular formula is C13H17N3O3. The number of carboxylic acids is 1. The zero-order valence-corrected chi connectivity index (χ0v) is 10.5. The third-order valence-corrected chi connectivity index (χ3v) is 3.24. The first-order valence-corrected chi connectivity index (χ1v) is 6.18. The van der Waals surface area contributed by atoms with Crippen molar-refractivity contribution in [2.24, 2.45) is 5.92 Å². The van der Waals surface area contributed by atoms with E-state index in [1.165, 1.54) is 0 Å². The highest BCUT2D eigenvalue weighted by atomic mass is 16.4. The molecule has 19 heavy (non-hydrogen) atoms. The van der Waals surface area contributed by atoms with E-state index in [1.54, 1.807) is 29.2 Å². The van der Waals surface area contributed by atoms with Crippen LogP contribution >= 0.6 is 0 Å². The highest BCUT2D eigenvalue weighted by molar-refractivity contribution is 5.92. The van der Waals surface area contributed by atoms with Gasteiger partial charge in [-0.3, -0.25) is 4.79 Å². The number of carboxylic acid groups (broad SMARTS) is 1. The van der Waals surface area contributed by atoms with E-state index in [2.05, 4.69) is 5.32 Å². The van der Waals surface area contributed by atoms with Gasteiger partial charge in [0.2, 0.25) is 0 Å². The summed E-state index contributed by atoms with van der Waals surface area (Å²) in [5.74, 6) is -0.782. The summed E-state index contributed by atoms with van der Waals surface area (Å²) in [5, 5.41) is 11.5. The number of likely N-dealkylation sites (tertiary alicyclic amines) is 1. The fraction of sp³-hybridized carbons (Fsp3) is 0.385. The lowest BCUT2D eigenvalue weighted by molar-refractivity contribution is -0.138. The molecule has 1 atom stereocenters. The number of carbonyl (C=O) groups excluding carboxylic acids is 1. The first-order chi connectivity index (χ1) is 9.06. The van der Waals surface area contributed by atoms with Crippen molar-refractivity contribution in [1.82, 2.24) is 4.90 Å². The van der Waals surface area contributed by atoms with Gasteiger partial charge in [-0.15, -0.1) is 0 Å². The first-order valence-electron chi connectivity index (χ1n) is 6.18. The largest absolute Gasteiger partial charge is 0.481 e. The number of nitrogens with one attached hydrogen (secondary N) is 1. The second kappa shape index (κ2) is 5.60. The van der Waals surface area contributed by atoms with Gasteiger partial charge in [0.25, 0.3) is 0 Å². The van der Waals surface area contributed by atoms with Crippen molar-refractivity contribution in [3.05, 3.63) is 24.3 Å². The van der Waals surface area contributed by atoms with E-state index < -0.39 is 5.97 Å². The summed E-state index contributed by atoms with van der Waals surface area (Å²) in [6.07, 6.45) is 0.835. The number of urea groups is 1. The van der Waals surface area contributed by atoms with Gasteiger partial charge in [0.1, 0.15) is 0 Å².